The summed E-state index contributed by atoms with van der Waals surface area (Å²) in [5, 5.41) is 15.4. The molecule has 0 saturated carbocycles. The average Bonchev–Trinajstić information content (AvgIpc) is 4.26. The molecule has 0 aliphatic heterocycles. The first-order valence-corrected chi connectivity index (χ1v) is 22.4. The fourth-order valence-electron chi connectivity index (χ4n) is 10.3. The number of hydrogen-bond donors (Lipinski definition) is 0. The molecule has 12 nitrogen and oxygen atoms in total. The van der Waals surface area contributed by atoms with Gasteiger partial charge < -0.3 is 18.6 Å². The quantitative estimate of drug-likeness (QED) is 0.151. The molecular weight excluding hydrogens is 845 g/mol. The van der Waals surface area contributed by atoms with Crippen molar-refractivity contribution >= 4 is 76.5 Å². The first-order valence-electron chi connectivity index (χ1n) is 22.4. The molecule has 0 aliphatic carbocycles. The molecule has 0 spiro atoms. The maximum Gasteiger partial charge on any atom is 0.139 e. The second-order valence-corrected chi connectivity index (χ2v) is 17.0. The van der Waals surface area contributed by atoms with Crippen LogP contribution in [0, 0.1) is 0 Å². The van der Waals surface area contributed by atoms with Gasteiger partial charge in [-0.3, -0.25) is 9.13 Å². The number of pyridine rings is 2. The molecule has 14 rings (SSSR count). The number of nitrogens with zero attached hydrogens (tertiary/aromatic N) is 10. The monoisotopic (exact) mass is 882 g/mol. The zero-order chi connectivity index (χ0) is 45.0. The van der Waals surface area contributed by atoms with Crippen LogP contribution in [0.1, 0.15) is 0 Å². The molecule has 0 fully saturated rings. The van der Waals surface area contributed by atoms with Crippen LogP contribution in [-0.2, 0) is 14.1 Å². The molecule has 8 heterocycles. The van der Waals surface area contributed by atoms with Crippen molar-refractivity contribution in [1.82, 2.24) is 47.8 Å². The van der Waals surface area contributed by atoms with E-state index in [0.717, 1.165) is 111 Å². The smallest absolute Gasteiger partial charge is 0.139 e. The molecule has 0 bridgehead atoms. The molecule has 324 valence electrons. The Bertz CT molecular complexity index is 4000. The van der Waals surface area contributed by atoms with Gasteiger partial charge in [0.05, 0.1) is 55.2 Å². The highest BCUT2D eigenvalue weighted by molar-refractivity contribution is 6.20. The number of aryl methyl sites for hydroxylation is 2. The normalized spacial score (nSPS) is 12.0. The summed E-state index contributed by atoms with van der Waals surface area (Å²) >= 11 is 0. The van der Waals surface area contributed by atoms with Gasteiger partial charge in [0.15, 0.2) is 0 Å². The van der Waals surface area contributed by atoms with Crippen molar-refractivity contribution in [2.24, 2.45) is 14.1 Å². The highest BCUT2D eigenvalue weighted by atomic mass is 16.5. The van der Waals surface area contributed by atoms with Crippen LogP contribution in [0.25, 0.3) is 99.5 Å². The molecule has 12 heteroatoms. The third-order valence-corrected chi connectivity index (χ3v) is 13.3. The van der Waals surface area contributed by atoms with Crippen molar-refractivity contribution < 1.29 is 9.47 Å². The third kappa shape index (κ3) is 5.61. The van der Waals surface area contributed by atoms with Crippen LogP contribution in [0.15, 0.2) is 195 Å². The number of para-hydroxylation sites is 2. The first kappa shape index (κ1) is 37.9. The van der Waals surface area contributed by atoms with Gasteiger partial charge in [0, 0.05) is 108 Å². The molecule has 0 N–H and O–H groups in total. The van der Waals surface area contributed by atoms with Crippen LogP contribution in [0.4, 0.5) is 0 Å². The molecule has 0 saturated heterocycles. The van der Waals surface area contributed by atoms with E-state index in [1.54, 1.807) is 12.4 Å². The lowest BCUT2D eigenvalue weighted by Crippen LogP contribution is -1.98. The zero-order valence-corrected chi connectivity index (χ0v) is 36.8. The number of fused-ring (bicyclic) bond motifs is 11. The minimum atomic E-state index is 0.683. The van der Waals surface area contributed by atoms with Crippen molar-refractivity contribution in [2.45, 2.75) is 0 Å². The van der Waals surface area contributed by atoms with Crippen LogP contribution in [0.5, 0.6) is 23.0 Å². The summed E-state index contributed by atoms with van der Waals surface area (Å²) in [6, 6.07) is 53.9. The minimum absolute atomic E-state index is 0.683. The predicted octanol–water partition coefficient (Wildman–Crippen LogP) is 12.8. The summed E-state index contributed by atoms with van der Waals surface area (Å²) in [6.45, 7) is 0. The molecule has 6 aromatic carbocycles. The van der Waals surface area contributed by atoms with Gasteiger partial charge in [-0.1, -0.05) is 48.5 Å². The van der Waals surface area contributed by atoms with Crippen molar-refractivity contribution in [3.8, 4) is 46.0 Å². The largest absolute Gasteiger partial charge is 0.456 e. The summed E-state index contributed by atoms with van der Waals surface area (Å²) in [5.74, 6) is 4.38. The topological polar surface area (TPSA) is 99.6 Å². The van der Waals surface area contributed by atoms with Gasteiger partial charge in [-0.2, -0.15) is 10.2 Å². The van der Waals surface area contributed by atoms with Crippen LogP contribution >= 0.6 is 0 Å². The molecule has 0 unspecified atom stereocenters. The lowest BCUT2D eigenvalue weighted by atomic mass is 10.1. The molecule has 8 aromatic heterocycles. The number of ether oxygens (including phenoxy) is 2. The van der Waals surface area contributed by atoms with Gasteiger partial charge in [0.25, 0.3) is 0 Å². The van der Waals surface area contributed by atoms with E-state index in [-0.39, 0.29) is 0 Å². The Balaban J connectivity index is 0.985. The van der Waals surface area contributed by atoms with Gasteiger partial charge in [-0.05, 0) is 84.9 Å². The molecular formula is C56H38N10O2. The number of benzene rings is 6. The molecule has 14 aromatic rings. The third-order valence-electron chi connectivity index (χ3n) is 13.3. The van der Waals surface area contributed by atoms with Gasteiger partial charge in [0.2, 0.25) is 0 Å². The van der Waals surface area contributed by atoms with Crippen molar-refractivity contribution in [2.75, 3.05) is 0 Å². The van der Waals surface area contributed by atoms with Crippen LogP contribution in [-0.4, -0.2) is 47.8 Å². The lowest BCUT2D eigenvalue weighted by molar-refractivity contribution is 0.488. The summed E-state index contributed by atoms with van der Waals surface area (Å²) in [6.07, 6.45) is 11.1. The fourth-order valence-corrected chi connectivity index (χ4v) is 10.3. The maximum absolute atomic E-state index is 7.06. The van der Waals surface area contributed by atoms with Crippen molar-refractivity contribution in [1.29, 1.82) is 0 Å². The average molecular weight is 883 g/mol. The van der Waals surface area contributed by atoms with Crippen molar-refractivity contribution in [3.05, 3.63) is 195 Å². The fraction of sp³-hybridized carbons (Fsp3) is 0.0357. The van der Waals surface area contributed by atoms with Gasteiger partial charge in [-0.15, -0.1) is 0 Å². The highest BCUT2D eigenvalue weighted by Crippen LogP contribution is 2.46. The van der Waals surface area contributed by atoms with E-state index in [1.807, 2.05) is 82.7 Å². The molecule has 0 amide bonds. The Kier molecular flexibility index (Phi) is 8.11. The molecule has 0 aliphatic rings. The van der Waals surface area contributed by atoms with E-state index in [4.69, 9.17) is 19.4 Å². The first-order chi connectivity index (χ1) is 33.6. The van der Waals surface area contributed by atoms with E-state index < -0.39 is 0 Å². The zero-order valence-electron chi connectivity index (χ0n) is 36.8. The summed E-state index contributed by atoms with van der Waals surface area (Å²) in [4.78, 5) is 9.90. The Morgan fingerprint density at radius 2 is 0.838 bits per heavy atom. The van der Waals surface area contributed by atoms with Crippen LogP contribution < -0.4 is 9.47 Å². The van der Waals surface area contributed by atoms with E-state index in [9.17, 15) is 0 Å². The minimum Gasteiger partial charge on any atom is -0.456 e. The summed E-state index contributed by atoms with van der Waals surface area (Å²) in [5.41, 5.74) is 9.97. The SMILES string of the molecule is Cn1c2ccccc2c2c(Oc3ccc4c(c3)n(-c3ccccn3)c3c5ccc(Oc6cc(-n7cccn7)cc7c6c6ccccc6n7C)cc5n(-c5ccccn5)c43)cc(-n3cccn3)cc21. The number of rotatable bonds is 8. The second kappa shape index (κ2) is 14.5. The maximum atomic E-state index is 7.06. The van der Waals surface area contributed by atoms with E-state index in [0.29, 0.717) is 11.5 Å². The van der Waals surface area contributed by atoms with E-state index in [2.05, 4.69) is 152 Å². The standard InChI is InChI=1S/C56H38N10O2/c1-61-43-15-5-3-13-39(43)53-47(61)29-35(63-27-11-25-59-63)31-49(53)67-37-19-21-41-45(33-37)65(51-17-7-9-23-57-51)56-42-22-20-38(34-46(42)66(55(41)56)52-18-8-10-24-58-52)68-50-32-36(64-28-12-26-60-64)30-48-54(50)40-14-4-6-16-44(40)62(48)2/h3-34H,1-2H3. The Hall–Kier alpha value is -9.42. The number of aromatic nitrogens is 10. The Morgan fingerprint density at radius 1 is 0.382 bits per heavy atom. The van der Waals surface area contributed by atoms with Crippen LogP contribution in [0.2, 0.25) is 0 Å². The molecule has 68 heavy (non-hydrogen) atoms. The van der Waals surface area contributed by atoms with Crippen LogP contribution in [0.3, 0.4) is 0 Å². The predicted molar refractivity (Wildman–Crippen MR) is 268 cm³/mol. The molecule has 0 atom stereocenters. The molecule has 0 radical (unpaired) electrons. The summed E-state index contributed by atoms with van der Waals surface area (Å²) < 4.78 is 26.8. The summed E-state index contributed by atoms with van der Waals surface area (Å²) in [7, 11) is 4.19. The van der Waals surface area contributed by atoms with Gasteiger partial charge in [-0.25, -0.2) is 19.3 Å². The Labute approximate surface area is 387 Å². The second-order valence-electron chi connectivity index (χ2n) is 17.0. The van der Waals surface area contributed by atoms with Crippen molar-refractivity contribution in [3.63, 3.8) is 0 Å². The Morgan fingerprint density at radius 3 is 1.26 bits per heavy atom. The highest BCUT2D eigenvalue weighted by Gasteiger charge is 2.25. The van der Waals surface area contributed by atoms with E-state index in [1.165, 1.54) is 0 Å². The van der Waals surface area contributed by atoms with E-state index >= 15 is 0 Å². The number of hydrogen-bond acceptors (Lipinski definition) is 6. The van der Waals surface area contributed by atoms with Gasteiger partial charge in [0.1, 0.15) is 34.6 Å². The van der Waals surface area contributed by atoms with Gasteiger partial charge >= 0.3 is 0 Å². The lowest BCUT2D eigenvalue weighted by Gasteiger charge is -2.13.